The lowest BCUT2D eigenvalue weighted by molar-refractivity contribution is 0.513. The minimum atomic E-state index is -0.555. The van der Waals surface area contributed by atoms with Gasteiger partial charge in [-0.1, -0.05) is 13.0 Å². The molecule has 3 nitrogen and oxygen atoms in total. The number of halogens is 2. The van der Waals surface area contributed by atoms with Crippen molar-refractivity contribution in [2.45, 2.75) is 25.8 Å². The number of likely N-dealkylation sites (N-methyl/N-ethyl adjacent to an activating group) is 1. The van der Waals surface area contributed by atoms with Gasteiger partial charge in [0.1, 0.15) is 11.6 Å². The summed E-state index contributed by atoms with van der Waals surface area (Å²) in [5, 5.41) is 7.56. The Bertz CT molecular complexity index is 593. The molecule has 0 aliphatic carbocycles. The predicted octanol–water partition coefficient (Wildman–Crippen LogP) is 2.76. The van der Waals surface area contributed by atoms with Gasteiger partial charge in [0.25, 0.3) is 0 Å². The van der Waals surface area contributed by atoms with E-state index in [1.54, 1.807) is 4.68 Å². The van der Waals surface area contributed by atoms with Crippen molar-refractivity contribution in [1.29, 1.82) is 0 Å². The van der Waals surface area contributed by atoms with Crippen molar-refractivity contribution >= 4 is 0 Å². The Kier molecular flexibility index (Phi) is 4.49. The summed E-state index contributed by atoms with van der Waals surface area (Å²) >= 11 is 0. The summed E-state index contributed by atoms with van der Waals surface area (Å²) in [6, 6.07) is 5.65. The molecule has 0 amide bonds. The highest BCUT2D eigenvalue weighted by atomic mass is 19.1. The third-order valence-electron chi connectivity index (χ3n) is 3.47. The second kappa shape index (κ2) is 6.13. The largest absolute Gasteiger partial charge is 0.311 e. The van der Waals surface area contributed by atoms with Gasteiger partial charge in [0.2, 0.25) is 0 Å². The van der Waals surface area contributed by atoms with Gasteiger partial charge < -0.3 is 5.32 Å². The molecular weight excluding hydrogens is 260 g/mol. The molecule has 1 aromatic carbocycles. The number of benzene rings is 1. The zero-order valence-corrected chi connectivity index (χ0v) is 12.0. The van der Waals surface area contributed by atoms with Gasteiger partial charge in [-0.3, -0.25) is 4.68 Å². The molecule has 20 heavy (non-hydrogen) atoms. The van der Waals surface area contributed by atoms with E-state index in [1.807, 2.05) is 27.1 Å². The standard InChI is InChI=1S/C15H19F2N3/c1-4-12-9-15(20(3)19-12)14(18-2)7-10-5-6-11(16)8-13(10)17/h5-6,8-9,14,18H,4,7H2,1-3H3. The van der Waals surface area contributed by atoms with Crippen LogP contribution in [0.5, 0.6) is 0 Å². The Hall–Kier alpha value is -1.75. The predicted molar refractivity (Wildman–Crippen MR) is 74.4 cm³/mol. The molecule has 0 fully saturated rings. The first kappa shape index (κ1) is 14.7. The van der Waals surface area contributed by atoms with Crippen molar-refractivity contribution in [3.8, 4) is 0 Å². The molecule has 108 valence electrons. The zero-order valence-electron chi connectivity index (χ0n) is 12.0. The summed E-state index contributed by atoms with van der Waals surface area (Å²) in [5.41, 5.74) is 2.49. The molecule has 1 unspecified atom stereocenters. The molecule has 2 aromatic rings. The minimum Gasteiger partial charge on any atom is -0.311 e. The van der Waals surface area contributed by atoms with Crippen LogP contribution < -0.4 is 5.32 Å². The van der Waals surface area contributed by atoms with E-state index in [9.17, 15) is 8.78 Å². The van der Waals surface area contributed by atoms with Gasteiger partial charge in [-0.05, 0) is 37.6 Å². The van der Waals surface area contributed by atoms with Crippen LogP contribution in [0, 0.1) is 11.6 Å². The first-order valence-corrected chi connectivity index (χ1v) is 6.69. The molecule has 0 radical (unpaired) electrons. The number of hydrogen-bond donors (Lipinski definition) is 1. The Morgan fingerprint density at radius 3 is 2.60 bits per heavy atom. The van der Waals surface area contributed by atoms with Crippen molar-refractivity contribution in [2.75, 3.05) is 7.05 Å². The number of nitrogens with zero attached hydrogens (tertiary/aromatic N) is 2. The Morgan fingerprint density at radius 1 is 1.30 bits per heavy atom. The molecule has 2 rings (SSSR count). The summed E-state index contributed by atoms with van der Waals surface area (Å²) in [4.78, 5) is 0. The summed E-state index contributed by atoms with van der Waals surface area (Å²) < 4.78 is 28.5. The van der Waals surface area contributed by atoms with E-state index >= 15 is 0 Å². The molecule has 0 bridgehead atoms. The van der Waals surface area contributed by atoms with E-state index in [-0.39, 0.29) is 6.04 Å². The van der Waals surface area contributed by atoms with Crippen LogP contribution in [0.25, 0.3) is 0 Å². The molecule has 0 spiro atoms. The molecule has 0 aliphatic rings. The zero-order chi connectivity index (χ0) is 14.7. The van der Waals surface area contributed by atoms with Crippen LogP contribution in [0.3, 0.4) is 0 Å². The average molecular weight is 279 g/mol. The van der Waals surface area contributed by atoms with Crippen LogP contribution in [0.2, 0.25) is 0 Å². The maximum atomic E-state index is 13.7. The van der Waals surface area contributed by atoms with Gasteiger partial charge in [-0.15, -0.1) is 0 Å². The van der Waals surface area contributed by atoms with Crippen LogP contribution in [-0.2, 0) is 19.9 Å². The maximum absolute atomic E-state index is 13.7. The fourth-order valence-electron chi connectivity index (χ4n) is 2.30. The third kappa shape index (κ3) is 3.04. The lowest BCUT2D eigenvalue weighted by atomic mass is 10.0. The molecule has 1 aromatic heterocycles. The second-order valence-electron chi connectivity index (χ2n) is 4.82. The van der Waals surface area contributed by atoms with Gasteiger partial charge in [0.05, 0.1) is 17.4 Å². The van der Waals surface area contributed by atoms with Crippen molar-refractivity contribution in [3.05, 3.63) is 52.9 Å². The number of rotatable bonds is 5. The topological polar surface area (TPSA) is 29.9 Å². The summed E-state index contributed by atoms with van der Waals surface area (Å²) in [6.45, 7) is 2.04. The quantitative estimate of drug-likeness (QED) is 0.912. The smallest absolute Gasteiger partial charge is 0.129 e. The van der Waals surface area contributed by atoms with E-state index in [1.165, 1.54) is 12.1 Å². The van der Waals surface area contributed by atoms with Crippen LogP contribution in [0.4, 0.5) is 8.78 Å². The van der Waals surface area contributed by atoms with E-state index in [4.69, 9.17) is 0 Å². The molecule has 1 atom stereocenters. The number of aryl methyl sites for hydroxylation is 2. The first-order chi connectivity index (χ1) is 9.55. The van der Waals surface area contributed by atoms with Crippen molar-refractivity contribution in [2.24, 2.45) is 7.05 Å². The molecule has 0 saturated heterocycles. The van der Waals surface area contributed by atoms with Crippen LogP contribution >= 0.6 is 0 Å². The van der Waals surface area contributed by atoms with Crippen molar-refractivity contribution < 1.29 is 8.78 Å². The monoisotopic (exact) mass is 279 g/mol. The maximum Gasteiger partial charge on any atom is 0.129 e. The van der Waals surface area contributed by atoms with E-state index in [2.05, 4.69) is 10.4 Å². The van der Waals surface area contributed by atoms with Crippen LogP contribution in [0.15, 0.2) is 24.3 Å². The normalized spacial score (nSPS) is 12.7. The van der Waals surface area contributed by atoms with Crippen LogP contribution in [-0.4, -0.2) is 16.8 Å². The Morgan fingerprint density at radius 2 is 2.05 bits per heavy atom. The molecule has 1 heterocycles. The van der Waals surface area contributed by atoms with Crippen molar-refractivity contribution in [1.82, 2.24) is 15.1 Å². The molecule has 1 N–H and O–H groups in total. The van der Waals surface area contributed by atoms with Gasteiger partial charge in [-0.2, -0.15) is 5.10 Å². The molecule has 0 aliphatic heterocycles. The molecule has 0 saturated carbocycles. The summed E-state index contributed by atoms with van der Waals surface area (Å²) in [5.74, 6) is -1.07. The fraction of sp³-hybridized carbons (Fsp3) is 0.400. The van der Waals surface area contributed by atoms with Crippen molar-refractivity contribution in [3.63, 3.8) is 0 Å². The number of nitrogens with one attached hydrogen (secondary N) is 1. The highest BCUT2D eigenvalue weighted by Crippen LogP contribution is 2.21. The average Bonchev–Trinajstić information content (AvgIpc) is 2.79. The minimum absolute atomic E-state index is 0.0623. The molecular formula is C15H19F2N3. The Balaban J connectivity index is 2.26. The highest BCUT2D eigenvalue weighted by molar-refractivity contribution is 5.23. The van der Waals surface area contributed by atoms with Gasteiger partial charge >= 0.3 is 0 Å². The summed E-state index contributed by atoms with van der Waals surface area (Å²) in [6.07, 6.45) is 1.31. The molecule has 5 heteroatoms. The van der Waals surface area contributed by atoms with E-state index in [0.717, 1.165) is 23.9 Å². The van der Waals surface area contributed by atoms with E-state index in [0.29, 0.717) is 12.0 Å². The Labute approximate surface area is 117 Å². The van der Waals surface area contributed by atoms with Gasteiger partial charge in [0.15, 0.2) is 0 Å². The highest BCUT2D eigenvalue weighted by Gasteiger charge is 2.17. The lowest BCUT2D eigenvalue weighted by Crippen LogP contribution is -2.22. The fourth-order valence-corrected chi connectivity index (χ4v) is 2.30. The lowest BCUT2D eigenvalue weighted by Gasteiger charge is -2.17. The summed E-state index contributed by atoms with van der Waals surface area (Å²) in [7, 11) is 3.70. The first-order valence-electron chi connectivity index (χ1n) is 6.69. The van der Waals surface area contributed by atoms with Gasteiger partial charge in [-0.25, -0.2) is 8.78 Å². The number of aromatic nitrogens is 2. The third-order valence-corrected chi connectivity index (χ3v) is 3.47. The van der Waals surface area contributed by atoms with Gasteiger partial charge in [0, 0.05) is 13.1 Å². The second-order valence-corrected chi connectivity index (χ2v) is 4.82. The number of hydrogen-bond acceptors (Lipinski definition) is 2. The SMILES string of the molecule is CCc1cc(C(Cc2ccc(F)cc2F)NC)n(C)n1. The van der Waals surface area contributed by atoms with Crippen LogP contribution in [0.1, 0.15) is 29.9 Å². The van der Waals surface area contributed by atoms with E-state index < -0.39 is 11.6 Å².